The zero-order valence-corrected chi connectivity index (χ0v) is 34.6. The van der Waals surface area contributed by atoms with Gasteiger partial charge >= 0.3 is 0 Å². The third-order valence-electron chi connectivity index (χ3n) is 12.6. The number of hydrogen-bond donors (Lipinski definition) is 0. The number of para-hydroxylation sites is 2. The molecule has 0 bridgehead atoms. The predicted octanol–water partition coefficient (Wildman–Crippen LogP) is 10.7. The maximum Gasteiger partial charge on any atom is 0.179 e. The van der Waals surface area contributed by atoms with Crippen molar-refractivity contribution >= 4 is 67.8 Å². The minimum absolute atomic E-state index is 0.261. The quantitative estimate of drug-likeness (QED) is 0.119. The number of pyridine rings is 2. The van der Waals surface area contributed by atoms with E-state index in [1.54, 1.807) is 0 Å². The molecule has 0 radical (unpaired) electrons. The normalized spacial score (nSPS) is 13.3. The molecule has 0 atom stereocenters. The van der Waals surface area contributed by atoms with Crippen molar-refractivity contribution in [2.45, 2.75) is 19.3 Å². The van der Waals surface area contributed by atoms with Gasteiger partial charge in [-0.05, 0) is 98.6 Å². The molecule has 4 heterocycles. The Morgan fingerprint density at radius 2 is 1.05 bits per heavy atom. The molecule has 5 heteroatoms. The van der Waals surface area contributed by atoms with Crippen LogP contribution in [0.3, 0.4) is 0 Å². The van der Waals surface area contributed by atoms with Crippen LogP contribution < -0.4 is 25.6 Å². The van der Waals surface area contributed by atoms with E-state index < -0.39 is 8.07 Å². The number of benzene rings is 7. The summed E-state index contributed by atoms with van der Waals surface area (Å²) < 4.78 is 2.40. The second-order valence-corrected chi connectivity index (χ2v) is 20.0. The third-order valence-corrected chi connectivity index (χ3v) is 17.4. The van der Waals surface area contributed by atoms with Gasteiger partial charge in [0.15, 0.2) is 8.07 Å². The fraction of sp³-hybridized carbons (Fsp3) is 0.0545. The maximum absolute atomic E-state index is 5.14. The van der Waals surface area contributed by atoms with E-state index in [9.17, 15) is 0 Å². The average molecular weight is 787 g/mol. The van der Waals surface area contributed by atoms with Crippen molar-refractivity contribution in [1.29, 1.82) is 0 Å². The van der Waals surface area contributed by atoms with Gasteiger partial charge in [-0.25, -0.2) is 4.98 Å². The third kappa shape index (κ3) is 5.50. The summed E-state index contributed by atoms with van der Waals surface area (Å²) in [7, 11) is -2.94. The molecule has 0 aliphatic carbocycles. The van der Waals surface area contributed by atoms with Crippen LogP contribution in [-0.2, 0) is 5.41 Å². The fourth-order valence-corrected chi connectivity index (χ4v) is 14.7. The number of rotatable bonds is 7. The Bertz CT molecular complexity index is 3140. The van der Waals surface area contributed by atoms with Crippen molar-refractivity contribution in [2.75, 3.05) is 4.90 Å². The van der Waals surface area contributed by atoms with Gasteiger partial charge < -0.3 is 4.90 Å². The Kier molecular flexibility index (Phi) is 8.46. The molecule has 1 aliphatic rings. The number of anilines is 3. The summed E-state index contributed by atoms with van der Waals surface area (Å²) in [6, 6.07) is 75.6. The molecule has 1 aliphatic heterocycles. The first kappa shape index (κ1) is 35.8. The van der Waals surface area contributed by atoms with Gasteiger partial charge in [-0.15, -0.1) is 0 Å². The van der Waals surface area contributed by atoms with Gasteiger partial charge in [-0.2, -0.15) is 0 Å². The van der Waals surface area contributed by atoms with E-state index in [0.29, 0.717) is 0 Å². The number of fused-ring (bicyclic) bond motifs is 5. The van der Waals surface area contributed by atoms with Gasteiger partial charge in [0.2, 0.25) is 0 Å². The Balaban J connectivity index is 1.19. The summed E-state index contributed by atoms with van der Waals surface area (Å²) in [5.41, 5.74) is 11.1. The zero-order valence-electron chi connectivity index (χ0n) is 33.6. The molecule has 11 rings (SSSR count). The van der Waals surface area contributed by atoms with E-state index in [-0.39, 0.29) is 5.41 Å². The lowest BCUT2D eigenvalue weighted by molar-refractivity contribution is 0.632. The Hall–Kier alpha value is -7.34. The van der Waals surface area contributed by atoms with Gasteiger partial charge in [0.1, 0.15) is 5.65 Å². The van der Waals surface area contributed by atoms with E-state index in [4.69, 9.17) is 9.97 Å². The van der Waals surface area contributed by atoms with E-state index >= 15 is 0 Å². The van der Waals surface area contributed by atoms with Crippen molar-refractivity contribution in [3.8, 4) is 16.9 Å². The lowest BCUT2D eigenvalue weighted by Crippen LogP contribution is -2.74. The summed E-state index contributed by atoms with van der Waals surface area (Å²) >= 11 is 0. The summed E-state index contributed by atoms with van der Waals surface area (Å²) in [5.74, 6) is 0. The highest BCUT2D eigenvalue weighted by Crippen LogP contribution is 2.53. The second-order valence-electron chi connectivity index (χ2n) is 16.2. The molecular weight excluding hydrogens is 745 g/mol. The minimum Gasteiger partial charge on any atom is -0.310 e. The van der Waals surface area contributed by atoms with Crippen LogP contribution in [0.5, 0.6) is 0 Å². The lowest BCUT2D eigenvalue weighted by Gasteiger charge is -2.42. The highest BCUT2D eigenvalue weighted by Gasteiger charge is 2.42. The van der Waals surface area contributed by atoms with Crippen LogP contribution in [0.15, 0.2) is 219 Å². The maximum atomic E-state index is 5.14. The molecule has 0 N–H and O–H groups in total. The molecule has 0 amide bonds. The smallest absolute Gasteiger partial charge is 0.179 e. The zero-order chi connectivity index (χ0) is 40.3. The van der Waals surface area contributed by atoms with Crippen LogP contribution in [0.2, 0.25) is 0 Å². The fourth-order valence-electron chi connectivity index (χ4n) is 9.85. The van der Waals surface area contributed by atoms with Crippen LogP contribution in [0.1, 0.15) is 25.0 Å². The molecule has 60 heavy (non-hydrogen) atoms. The van der Waals surface area contributed by atoms with E-state index in [0.717, 1.165) is 39.2 Å². The summed E-state index contributed by atoms with van der Waals surface area (Å²) in [6.07, 6.45) is 3.80. The molecule has 0 spiro atoms. The first-order valence-corrected chi connectivity index (χ1v) is 22.7. The van der Waals surface area contributed by atoms with Crippen molar-refractivity contribution in [2.24, 2.45) is 0 Å². The standard InChI is InChI=1S/C55H42N4Si/c1-55(2)48-30-12-13-32-51(48)58(40-20-6-3-7-21-40)53-37-47-46-29-18-34-57-54(46)59(52(47)38-49(53)55)41-22-17-28-45(36-41)60(42-23-8-4-9-24-42,43-25-10-5-11-26-43)44-27-16-19-39(35-44)50-31-14-15-33-56-50/h3-38H,1-2H3. The molecule has 0 unspecified atom stereocenters. The molecule has 4 nitrogen and oxygen atoms in total. The van der Waals surface area contributed by atoms with Crippen molar-refractivity contribution < 1.29 is 0 Å². The first-order valence-electron chi connectivity index (χ1n) is 20.7. The summed E-state index contributed by atoms with van der Waals surface area (Å²) in [4.78, 5) is 12.4. The number of aromatic nitrogens is 3. The molecule has 0 saturated heterocycles. The van der Waals surface area contributed by atoms with Crippen LogP contribution in [0.25, 0.3) is 38.9 Å². The minimum atomic E-state index is -2.94. The van der Waals surface area contributed by atoms with Gasteiger partial charge in [0.25, 0.3) is 0 Å². The second kappa shape index (κ2) is 14.2. The largest absolute Gasteiger partial charge is 0.310 e. The van der Waals surface area contributed by atoms with Crippen molar-refractivity contribution in [1.82, 2.24) is 14.5 Å². The summed E-state index contributed by atoms with van der Waals surface area (Å²) in [5, 5.41) is 7.55. The van der Waals surface area contributed by atoms with Crippen LogP contribution >= 0.6 is 0 Å². The SMILES string of the molecule is CC1(C)c2ccccc2N(c2ccccc2)c2cc3c4cccnc4n(-c4cccc([Si](c5ccccc5)(c5ccccc5)c5cccc(-c6ccccn6)c5)c4)c3cc21. The monoisotopic (exact) mass is 786 g/mol. The first-order chi connectivity index (χ1) is 29.5. The van der Waals surface area contributed by atoms with Crippen molar-refractivity contribution in [3.63, 3.8) is 0 Å². The highest BCUT2D eigenvalue weighted by atomic mass is 28.3. The average Bonchev–Trinajstić information content (AvgIpc) is 3.64. The molecule has 3 aromatic heterocycles. The Labute approximate surface area is 351 Å². The summed E-state index contributed by atoms with van der Waals surface area (Å²) in [6.45, 7) is 4.73. The lowest BCUT2D eigenvalue weighted by atomic mass is 9.73. The molecule has 10 aromatic rings. The topological polar surface area (TPSA) is 34.0 Å². The van der Waals surface area contributed by atoms with Crippen LogP contribution in [0, 0.1) is 0 Å². The Morgan fingerprint density at radius 3 is 1.78 bits per heavy atom. The Morgan fingerprint density at radius 1 is 0.433 bits per heavy atom. The number of hydrogen-bond acceptors (Lipinski definition) is 3. The molecular formula is C55H42N4Si. The van der Waals surface area contributed by atoms with E-state index in [2.05, 4.69) is 224 Å². The molecule has 286 valence electrons. The van der Waals surface area contributed by atoms with Gasteiger partial charge in [0, 0.05) is 45.5 Å². The highest BCUT2D eigenvalue weighted by molar-refractivity contribution is 7.20. The van der Waals surface area contributed by atoms with E-state index in [1.807, 2.05) is 18.5 Å². The van der Waals surface area contributed by atoms with E-state index in [1.165, 1.54) is 48.6 Å². The van der Waals surface area contributed by atoms with Crippen molar-refractivity contribution in [3.05, 3.63) is 230 Å². The van der Waals surface area contributed by atoms with Gasteiger partial charge in [-0.3, -0.25) is 9.55 Å². The predicted molar refractivity (Wildman–Crippen MR) is 252 cm³/mol. The van der Waals surface area contributed by atoms with Crippen LogP contribution in [-0.4, -0.2) is 22.6 Å². The van der Waals surface area contributed by atoms with Gasteiger partial charge in [0.05, 0.1) is 22.6 Å². The number of nitrogens with zero attached hydrogens (tertiary/aromatic N) is 4. The molecule has 7 aromatic carbocycles. The van der Waals surface area contributed by atoms with Crippen LogP contribution in [0.4, 0.5) is 17.1 Å². The molecule has 0 saturated carbocycles. The molecule has 0 fully saturated rings. The van der Waals surface area contributed by atoms with Gasteiger partial charge in [-0.1, -0.05) is 153 Å².